The summed E-state index contributed by atoms with van der Waals surface area (Å²) in [6.45, 7) is 0.692. The first-order chi connectivity index (χ1) is 4.50. The van der Waals surface area contributed by atoms with Crippen LogP contribution in [0.5, 0.6) is 0 Å². The van der Waals surface area contributed by atoms with Gasteiger partial charge >= 0.3 is 15.2 Å². The molecule has 0 aromatic rings. The predicted octanol–water partition coefficient (Wildman–Crippen LogP) is -0.0547. The van der Waals surface area contributed by atoms with Gasteiger partial charge in [0.15, 0.2) is 0 Å². The second-order valence-corrected chi connectivity index (χ2v) is 7.98. The summed E-state index contributed by atoms with van der Waals surface area (Å²) < 4.78 is 18.3. The average molecular weight is 222 g/mol. The van der Waals surface area contributed by atoms with Crippen LogP contribution in [0.15, 0.2) is 0 Å². The molecule has 0 aliphatic carbocycles. The van der Waals surface area contributed by atoms with Gasteiger partial charge in [0, 0.05) is 0 Å². The standard InChI is InChI=1S/C2H8O6P2S/c1-2(11,9(3,4)5)10(6,7)8/h11H,1H3,(H2,3,4,5)(H2,6,7,8). The van der Waals surface area contributed by atoms with Crippen LogP contribution in [-0.4, -0.2) is 23.8 Å². The predicted molar refractivity (Wildman–Crippen MR) is 41.5 cm³/mol. The van der Waals surface area contributed by atoms with Crippen LogP contribution in [0.2, 0.25) is 0 Å². The summed E-state index contributed by atoms with van der Waals surface area (Å²) in [7, 11) is -9.78. The van der Waals surface area contributed by atoms with E-state index in [1.807, 2.05) is 0 Å². The molecule has 0 aromatic carbocycles. The van der Waals surface area contributed by atoms with Crippen molar-refractivity contribution in [2.24, 2.45) is 0 Å². The topological polar surface area (TPSA) is 115 Å². The average Bonchev–Trinajstić information content (AvgIpc) is 1.58. The van der Waals surface area contributed by atoms with Gasteiger partial charge in [-0.3, -0.25) is 9.13 Å². The molecule has 0 spiro atoms. The Balaban J connectivity index is 5.08. The third-order valence-corrected chi connectivity index (χ3v) is 6.44. The molecule has 0 atom stereocenters. The maximum atomic E-state index is 10.4. The van der Waals surface area contributed by atoms with E-state index < -0.39 is 19.4 Å². The summed E-state index contributed by atoms with van der Waals surface area (Å²) in [6, 6.07) is 0. The van der Waals surface area contributed by atoms with Crippen LogP contribution in [0.3, 0.4) is 0 Å². The van der Waals surface area contributed by atoms with Crippen molar-refractivity contribution >= 4 is 27.8 Å². The van der Waals surface area contributed by atoms with E-state index in [2.05, 4.69) is 12.6 Å². The van der Waals surface area contributed by atoms with Crippen LogP contribution in [0.25, 0.3) is 0 Å². The fraction of sp³-hybridized carbons (Fsp3) is 1.00. The van der Waals surface area contributed by atoms with E-state index >= 15 is 0 Å². The van der Waals surface area contributed by atoms with Crippen molar-refractivity contribution in [3.05, 3.63) is 0 Å². The first-order valence-corrected chi connectivity index (χ1v) is 6.01. The Labute approximate surface area is 68.4 Å². The van der Waals surface area contributed by atoms with Crippen molar-refractivity contribution in [3.63, 3.8) is 0 Å². The molecule has 0 amide bonds. The Morgan fingerprint density at radius 2 is 1.27 bits per heavy atom. The molecule has 0 bridgehead atoms. The van der Waals surface area contributed by atoms with Crippen LogP contribution >= 0.6 is 27.8 Å². The van der Waals surface area contributed by atoms with Gasteiger partial charge in [-0.15, -0.1) is 12.6 Å². The molecule has 0 unspecified atom stereocenters. The largest absolute Gasteiger partial charge is 0.353 e. The molecule has 11 heavy (non-hydrogen) atoms. The number of rotatable bonds is 2. The van der Waals surface area contributed by atoms with Gasteiger partial charge < -0.3 is 19.6 Å². The first kappa shape index (κ1) is 11.6. The highest BCUT2D eigenvalue weighted by atomic mass is 32.1. The van der Waals surface area contributed by atoms with Crippen LogP contribution < -0.4 is 0 Å². The molecule has 9 heteroatoms. The second-order valence-electron chi connectivity index (χ2n) is 2.06. The van der Waals surface area contributed by atoms with E-state index in [1.54, 1.807) is 0 Å². The van der Waals surface area contributed by atoms with Crippen molar-refractivity contribution in [1.82, 2.24) is 0 Å². The lowest BCUT2D eigenvalue weighted by molar-refractivity contribution is 0.336. The van der Waals surface area contributed by atoms with Crippen molar-refractivity contribution in [2.75, 3.05) is 0 Å². The molecule has 68 valence electrons. The number of hydrogen-bond donors (Lipinski definition) is 5. The molecular formula is C2H8O6P2S. The van der Waals surface area contributed by atoms with E-state index in [9.17, 15) is 9.13 Å². The second kappa shape index (κ2) is 2.85. The number of thiol groups is 1. The quantitative estimate of drug-likeness (QED) is 0.330. The van der Waals surface area contributed by atoms with Gasteiger partial charge in [0.2, 0.25) is 4.23 Å². The molecule has 0 saturated heterocycles. The highest BCUT2D eigenvalue weighted by molar-refractivity contribution is 8.01. The summed E-state index contributed by atoms with van der Waals surface area (Å²) in [5.41, 5.74) is 0. The van der Waals surface area contributed by atoms with Crippen LogP contribution in [0.4, 0.5) is 0 Å². The highest BCUT2D eigenvalue weighted by Gasteiger charge is 2.53. The fourth-order valence-corrected chi connectivity index (χ4v) is 1.53. The van der Waals surface area contributed by atoms with Gasteiger partial charge in [-0.2, -0.15) is 0 Å². The monoisotopic (exact) mass is 222 g/mol. The van der Waals surface area contributed by atoms with Gasteiger partial charge in [-0.25, -0.2) is 0 Å². The molecular weight excluding hydrogens is 214 g/mol. The lowest BCUT2D eigenvalue weighted by atomic mass is 10.9. The summed E-state index contributed by atoms with van der Waals surface area (Å²) in [6.07, 6.45) is 0. The maximum Gasteiger partial charge on any atom is 0.353 e. The van der Waals surface area contributed by atoms with Gasteiger partial charge in [0.1, 0.15) is 0 Å². The summed E-state index contributed by atoms with van der Waals surface area (Å²) in [5.74, 6) is 0. The summed E-state index contributed by atoms with van der Waals surface area (Å²) >= 11 is 3.22. The van der Waals surface area contributed by atoms with Gasteiger partial charge in [-0.05, 0) is 6.92 Å². The molecule has 0 rings (SSSR count). The Morgan fingerprint density at radius 3 is 1.27 bits per heavy atom. The molecule has 4 N–H and O–H groups in total. The van der Waals surface area contributed by atoms with E-state index in [4.69, 9.17) is 19.6 Å². The van der Waals surface area contributed by atoms with Crippen LogP contribution in [-0.2, 0) is 9.13 Å². The number of hydrogen-bond acceptors (Lipinski definition) is 3. The Bertz CT molecular complexity index is 211. The zero-order valence-corrected chi connectivity index (χ0v) is 8.13. The minimum atomic E-state index is -4.89. The Morgan fingerprint density at radius 1 is 1.09 bits per heavy atom. The molecule has 0 aliphatic heterocycles. The zero-order chi connectivity index (χ0) is 9.50. The molecule has 0 aliphatic rings. The van der Waals surface area contributed by atoms with E-state index in [-0.39, 0.29) is 0 Å². The molecule has 0 saturated carbocycles. The van der Waals surface area contributed by atoms with Crippen molar-refractivity contribution in [2.45, 2.75) is 11.2 Å². The van der Waals surface area contributed by atoms with E-state index in [0.29, 0.717) is 6.92 Å². The Kier molecular flexibility index (Phi) is 3.02. The van der Waals surface area contributed by atoms with Crippen molar-refractivity contribution in [1.29, 1.82) is 0 Å². The molecule has 0 heterocycles. The van der Waals surface area contributed by atoms with Crippen LogP contribution in [0, 0.1) is 0 Å². The van der Waals surface area contributed by atoms with Crippen molar-refractivity contribution < 1.29 is 28.7 Å². The lowest BCUT2D eigenvalue weighted by Gasteiger charge is -2.24. The van der Waals surface area contributed by atoms with Gasteiger partial charge in [0.05, 0.1) is 0 Å². The van der Waals surface area contributed by atoms with E-state index in [0.717, 1.165) is 0 Å². The minimum Gasteiger partial charge on any atom is -0.323 e. The summed E-state index contributed by atoms with van der Waals surface area (Å²) in [5, 5.41) is 0. The third-order valence-electron chi connectivity index (χ3n) is 1.10. The van der Waals surface area contributed by atoms with Crippen LogP contribution in [0.1, 0.15) is 6.92 Å². The van der Waals surface area contributed by atoms with E-state index in [1.165, 1.54) is 0 Å². The highest BCUT2D eigenvalue weighted by Crippen LogP contribution is 2.70. The SMILES string of the molecule is CC(S)(P(=O)(O)O)P(=O)(O)O. The Hall–Kier alpha value is 0.650. The molecule has 6 nitrogen and oxygen atoms in total. The molecule has 0 radical (unpaired) electrons. The molecule has 0 aromatic heterocycles. The third kappa shape index (κ3) is 2.29. The zero-order valence-electron chi connectivity index (χ0n) is 5.45. The first-order valence-electron chi connectivity index (χ1n) is 2.34. The lowest BCUT2D eigenvalue weighted by Crippen LogP contribution is -2.16. The van der Waals surface area contributed by atoms with Gasteiger partial charge in [0.25, 0.3) is 0 Å². The fourth-order valence-electron chi connectivity index (χ4n) is 0.170. The molecule has 0 fully saturated rings. The van der Waals surface area contributed by atoms with Gasteiger partial charge in [-0.1, -0.05) is 0 Å². The normalized spacial score (nSPS) is 15.1. The van der Waals surface area contributed by atoms with Crippen molar-refractivity contribution in [3.8, 4) is 0 Å². The minimum absolute atomic E-state index is 0.692. The summed E-state index contributed by atoms with van der Waals surface area (Å²) in [4.78, 5) is 33.7. The maximum absolute atomic E-state index is 10.4. The smallest absolute Gasteiger partial charge is 0.323 e.